The zero-order valence-corrected chi connectivity index (χ0v) is 13.6. The monoisotopic (exact) mass is 322 g/mol. The standard InChI is InChI=1S/C20H18O4/c1-22-17-6-3-14(4-7-17)5-9-19(21)16-11-15-12-18(23-2)8-10-20(15)24-13-16/h3-12H,13H2,1-2H3/b9-5+. The lowest BCUT2D eigenvalue weighted by molar-refractivity contribution is -0.111. The fourth-order valence-corrected chi connectivity index (χ4v) is 2.42. The number of ketones is 1. The van der Waals surface area contributed by atoms with Crippen LogP contribution < -0.4 is 14.2 Å². The smallest absolute Gasteiger partial charge is 0.185 e. The van der Waals surface area contributed by atoms with Gasteiger partial charge in [-0.05, 0) is 48.0 Å². The molecule has 0 spiro atoms. The van der Waals surface area contributed by atoms with Crippen LogP contribution in [-0.4, -0.2) is 26.6 Å². The third-order valence-electron chi connectivity index (χ3n) is 3.79. The Labute approximate surface area is 141 Å². The maximum Gasteiger partial charge on any atom is 0.185 e. The van der Waals surface area contributed by atoms with E-state index in [0.717, 1.165) is 28.4 Å². The van der Waals surface area contributed by atoms with Gasteiger partial charge in [-0.25, -0.2) is 0 Å². The first kappa shape index (κ1) is 15.9. The first-order valence-corrected chi connectivity index (χ1v) is 7.57. The zero-order chi connectivity index (χ0) is 16.9. The summed E-state index contributed by atoms with van der Waals surface area (Å²) in [6.45, 7) is 0.269. The lowest BCUT2D eigenvalue weighted by Crippen LogP contribution is -2.13. The molecule has 122 valence electrons. The molecular formula is C20H18O4. The molecule has 1 aliphatic heterocycles. The Balaban J connectivity index is 1.76. The van der Waals surface area contributed by atoms with E-state index in [-0.39, 0.29) is 12.4 Å². The van der Waals surface area contributed by atoms with Crippen molar-refractivity contribution in [3.8, 4) is 17.2 Å². The number of benzene rings is 2. The zero-order valence-electron chi connectivity index (χ0n) is 13.6. The molecule has 0 saturated heterocycles. The second-order valence-corrected chi connectivity index (χ2v) is 5.33. The van der Waals surface area contributed by atoms with Crippen molar-refractivity contribution in [3.63, 3.8) is 0 Å². The van der Waals surface area contributed by atoms with Gasteiger partial charge in [0.15, 0.2) is 5.78 Å². The number of carbonyl (C=O) groups excluding carboxylic acids is 1. The Kier molecular flexibility index (Phi) is 4.66. The molecule has 2 aromatic rings. The van der Waals surface area contributed by atoms with Gasteiger partial charge in [0, 0.05) is 11.1 Å². The SMILES string of the molecule is COc1ccc(/C=C/C(=O)C2=Cc3cc(OC)ccc3OC2)cc1. The van der Waals surface area contributed by atoms with E-state index >= 15 is 0 Å². The number of allylic oxidation sites excluding steroid dienone is 1. The van der Waals surface area contributed by atoms with E-state index in [1.54, 1.807) is 26.4 Å². The van der Waals surface area contributed by atoms with Crippen molar-refractivity contribution in [2.24, 2.45) is 0 Å². The van der Waals surface area contributed by atoms with Crippen LogP contribution in [-0.2, 0) is 4.79 Å². The van der Waals surface area contributed by atoms with Crippen LogP contribution in [0, 0.1) is 0 Å². The summed E-state index contributed by atoms with van der Waals surface area (Å²) in [5.41, 5.74) is 2.39. The van der Waals surface area contributed by atoms with Crippen LogP contribution >= 0.6 is 0 Å². The van der Waals surface area contributed by atoms with Crippen LogP contribution in [0.5, 0.6) is 17.2 Å². The first-order valence-electron chi connectivity index (χ1n) is 7.57. The second-order valence-electron chi connectivity index (χ2n) is 5.33. The summed E-state index contributed by atoms with van der Waals surface area (Å²) in [5, 5.41) is 0. The summed E-state index contributed by atoms with van der Waals surface area (Å²) in [7, 11) is 3.23. The average molecular weight is 322 g/mol. The van der Waals surface area contributed by atoms with E-state index in [4.69, 9.17) is 14.2 Å². The predicted octanol–water partition coefficient (Wildman–Crippen LogP) is 3.76. The molecule has 0 unspecified atom stereocenters. The molecule has 4 heteroatoms. The van der Waals surface area contributed by atoms with Crippen LogP contribution in [0.1, 0.15) is 11.1 Å². The summed E-state index contributed by atoms with van der Waals surface area (Å²) < 4.78 is 16.0. The molecule has 0 N–H and O–H groups in total. The van der Waals surface area contributed by atoms with Crippen molar-refractivity contribution in [1.82, 2.24) is 0 Å². The van der Waals surface area contributed by atoms with Gasteiger partial charge >= 0.3 is 0 Å². The Morgan fingerprint density at radius 3 is 2.46 bits per heavy atom. The number of ether oxygens (including phenoxy) is 3. The molecule has 2 aromatic carbocycles. The maximum absolute atomic E-state index is 12.4. The lowest BCUT2D eigenvalue weighted by Gasteiger charge is -2.17. The summed E-state index contributed by atoms with van der Waals surface area (Å²) in [5.74, 6) is 2.20. The first-order chi connectivity index (χ1) is 11.7. The van der Waals surface area contributed by atoms with Gasteiger partial charge in [0.1, 0.15) is 23.9 Å². The Hall–Kier alpha value is -3.01. The molecule has 1 heterocycles. The van der Waals surface area contributed by atoms with E-state index in [0.29, 0.717) is 5.57 Å². The highest BCUT2D eigenvalue weighted by molar-refractivity contribution is 6.09. The van der Waals surface area contributed by atoms with Crippen molar-refractivity contribution in [1.29, 1.82) is 0 Å². The Morgan fingerprint density at radius 1 is 1.04 bits per heavy atom. The number of carbonyl (C=O) groups is 1. The molecule has 3 rings (SSSR count). The van der Waals surface area contributed by atoms with E-state index in [1.165, 1.54) is 0 Å². The van der Waals surface area contributed by atoms with Gasteiger partial charge < -0.3 is 14.2 Å². The second kappa shape index (κ2) is 7.04. The fourth-order valence-electron chi connectivity index (χ4n) is 2.42. The number of fused-ring (bicyclic) bond motifs is 1. The highest BCUT2D eigenvalue weighted by atomic mass is 16.5. The number of hydrogen-bond donors (Lipinski definition) is 0. The highest BCUT2D eigenvalue weighted by Gasteiger charge is 2.16. The molecule has 0 fully saturated rings. The van der Waals surface area contributed by atoms with Crippen molar-refractivity contribution >= 4 is 17.9 Å². The normalized spacial score (nSPS) is 13.0. The van der Waals surface area contributed by atoms with Crippen LogP contribution in [0.3, 0.4) is 0 Å². The van der Waals surface area contributed by atoms with Gasteiger partial charge in [-0.3, -0.25) is 4.79 Å². The average Bonchev–Trinajstić information content (AvgIpc) is 2.65. The van der Waals surface area contributed by atoms with E-state index in [2.05, 4.69) is 0 Å². The third-order valence-corrected chi connectivity index (χ3v) is 3.79. The molecular weight excluding hydrogens is 304 g/mol. The van der Waals surface area contributed by atoms with Gasteiger partial charge in [-0.2, -0.15) is 0 Å². The Bertz CT molecular complexity index is 801. The molecule has 0 saturated carbocycles. The minimum absolute atomic E-state index is 0.0701. The maximum atomic E-state index is 12.4. The van der Waals surface area contributed by atoms with Gasteiger partial charge in [-0.1, -0.05) is 18.2 Å². The van der Waals surface area contributed by atoms with Crippen LogP contribution in [0.25, 0.3) is 12.2 Å². The molecule has 4 nitrogen and oxygen atoms in total. The van der Waals surface area contributed by atoms with Crippen molar-refractivity contribution < 1.29 is 19.0 Å². The van der Waals surface area contributed by atoms with Crippen molar-refractivity contribution in [2.75, 3.05) is 20.8 Å². The molecule has 1 aliphatic rings. The molecule has 0 bridgehead atoms. The fraction of sp³-hybridized carbons (Fsp3) is 0.150. The van der Waals surface area contributed by atoms with Crippen LogP contribution in [0.2, 0.25) is 0 Å². The van der Waals surface area contributed by atoms with E-state index < -0.39 is 0 Å². The van der Waals surface area contributed by atoms with Crippen LogP contribution in [0.4, 0.5) is 0 Å². The largest absolute Gasteiger partial charge is 0.497 e. The summed E-state index contributed by atoms with van der Waals surface area (Å²) >= 11 is 0. The van der Waals surface area contributed by atoms with E-state index in [9.17, 15) is 4.79 Å². The van der Waals surface area contributed by atoms with Gasteiger partial charge in [-0.15, -0.1) is 0 Å². The summed E-state index contributed by atoms with van der Waals surface area (Å²) in [6, 6.07) is 13.0. The summed E-state index contributed by atoms with van der Waals surface area (Å²) in [4.78, 5) is 12.4. The minimum atomic E-state index is -0.0701. The van der Waals surface area contributed by atoms with Gasteiger partial charge in [0.05, 0.1) is 14.2 Å². The molecule has 24 heavy (non-hydrogen) atoms. The third kappa shape index (κ3) is 3.49. The number of methoxy groups -OCH3 is 2. The number of rotatable bonds is 5. The molecule has 0 amide bonds. The molecule has 0 aromatic heterocycles. The van der Waals surface area contributed by atoms with Crippen molar-refractivity contribution in [2.45, 2.75) is 0 Å². The highest BCUT2D eigenvalue weighted by Crippen LogP contribution is 2.30. The molecule has 0 radical (unpaired) electrons. The van der Waals surface area contributed by atoms with Crippen molar-refractivity contribution in [3.05, 3.63) is 65.2 Å². The van der Waals surface area contributed by atoms with Gasteiger partial charge in [0.25, 0.3) is 0 Å². The van der Waals surface area contributed by atoms with Gasteiger partial charge in [0.2, 0.25) is 0 Å². The summed E-state index contributed by atoms with van der Waals surface area (Å²) in [6.07, 6.45) is 5.19. The Morgan fingerprint density at radius 2 is 1.75 bits per heavy atom. The molecule has 0 aliphatic carbocycles. The molecule has 0 atom stereocenters. The van der Waals surface area contributed by atoms with E-state index in [1.807, 2.05) is 48.5 Å². The minimum Gasteiger partial charge on any atom is -0.497 e. The van der Waals surface area contributed by atoms with Crippen LogP contribution in [0.15, 0.2) is 54.1 Å². The lowest BCUT2D eigenvalue weighted by atomic mass is 10.0. The predicted molar refractivity (Wildman–Crippen MR) is 93.5 cm³/mol. The topological polar surface area (TPSA) is 44.8 Å². The quantitative estimate of drug-likeness (QED) is 0.786. The number of hydrogen-bond acceptors (Lipinski definition) is 4.